The van der Waals surface area contributed by atoms with E-state index in [2.05, 4.69) is 20.8 Å². The lowest BCUT2D eigenvalue weighted by atomic mass is 9.75. The van der Waals surface area contributed by atoms with Gasteiger partial charge in [0.1, 0.15) is 0 Å². The molecule has 0 aromatic carbocycles. The molecule has 0 unspecified atom stereocenters. The fraction of sp³-hybridized carbons (Fsp3) is 1.00. The maximum absolute atomic E-state index is 5.65. The second-order valence-electron chi connectivity index (χ2n) is 4.41. The summed E-state index contributed by atoms with van der Waals surface area (Å²) in [5.41, 5.74) is 0.640. The van der Waals surface area contributed by atoms with Gasteiger partial charge in [0, 0.05) is 5.88 Å². The number of hydrogen-bond acceptors (Lipinski definition) is 0. The second-order valence-corrected chi connectivity index (χ2v) is 4.79. The van der Waals surface area contributed by atoms with Crippen LogP contribution < -0.4 is 0 Å². The Hall–Kier alpha value is 0.290. The van der Waals surface area contributed by atoms with Gasteiger partial charge in [0.25, 0.3) is 0 Å². The lowest BCUT2D eigenvalue weighted by Gasteiger charge is -2.30. The van der Waals surface area contributed by atoms with Gasteiger partial charge in [0.05, 0.1) is 0 Å². The summed E-state index contributed by atoms with van der Waals surface area (Å²) in [5.74, 6) is 0.834. The van der Waals surface area contributed by atoms with Crippen LogP contribution in [0.3, 0.4) is 0 Å². The Morgan fingerprint density at radius 2 is 1.29 bits per heavy atom. The SMILES string of the molecule is CCC(CC)(CC)CCCCCCCl. The molecule has 0 N–H and O–H groups in total. The van der Waals surface area contributed by atoms with Gasteiger partial charge in [0.15, 0.2) is 0 Å². The molecule has 0 atom stereocenters. The van der Waals surface area contributed by atoms with E-state index in [-0.39, 0.29) is 0 Å². The first-order valence-corrected chi connectivity index (χ1v) is 6.84. The van der Waals surface area contributed by atoms with Gasteiger partial charge >= 0.3 is 0 Å². The van der Waals surface area contributed by atoms with E-state index in [4.69, 9.17) is 11.6 Å². The zero-order valence-electron chi connectivity index (χ0n) is 10.2. The Kier molecular flexibility index (Phi) is 8.76. The van der Waals surface area contributed by atoms with E-state index in [9.17, 15) is 0 Å². The topological polar surface area (TPSA) is 0 Å². The van der Waals surface area contributed by atoms with Crippen LogP contribution in [0.25, 0.3) is 0 Å². The van der Waals surface area contributed by atoms with Crippen molar-refractivity contribution in [1.29, 1.82) is 0 Å². The number of rotatable bonds is 9. The highest BCUT2D eigenvalue weighted by Crippen LogP contribution is 2.36. The minimum absolute atomic E-state index is 0.640. The standard InChI is InChI=1S/C13H27Cl/c1-4-13(5-2,6-3)11-9-7-8-10-12-14/h4-12H2,1-3H3. The summed E-state index contributed by atoms with van der Waals surface area (Å²) in [6.07, 6.45) is 10.7. The summed E-state index contributed by atoms with van der Waals surface area (Å²) >= 11 is 5.65. The predicted molar refractivity (Wildman–Crippen MR) is 67.1 cm³/mol. The van der Waals surface area contributed by atoms with Gasteiger partial charge in [0.2, 0.25) is 0 Å². The van der Waals surface area contributed by atoms with Gasteiger partial charge in [-0.2, -0.15) is 0 Å². The minimum Gasteiger partial charge on any atom is -0.127 e. The van der Waals surface area contributed by atoms with Crippen LogP contribution in [-0.2, 0) is 0 Å². The van der Waals surface area contributed by atoms with Gasteiger partial charge in [-0.3, -0.25) is 0 Å². The van der Waals surface area contributed by atoms with E-state index in [0.29, 0.717) is 5.41 Å². The summed E-state index contributed by atoms with van der Waals surface area (Å²) < 4.78 is 0. The number of hydrogen-bond donors (Lipinski definition) is 0. The van der Waals surface area contributed by atoms with Gasteiger partial charge in [-0.25, -0.2) is 0 Å². The fourth-order valence-corrected chi connectivity index (χ4v) is 2.42. The molecule has 0 fully saturated rings. The van der Waals surface area contributed by atoms with Gasteiger partial charge < -0.3 is 0 Å². The molecule has 86 valence electrons. The average Bonchev–Trinajstić information content (AvgIpc) is 2.24. The van der Waals surface area contributed by atoms with E-state index < -0.39 is 0 Å². The fourth-order valence-electron chi connectivity index (χ4n) is 2.23. The quantitative estimate of drug-likeness (QED) is 0.360. The molecular weight excluding hydrogens is 192 g/mol. The molecule has 14 heavy (non-hydrogen) atoms. The lowest BCUT2D eigenvalue weighted by Crippen LogP contribution is -2.17. The highest BCUT2D eigenvalue weighted by molar-refractivity contribution is 6.17. The van der Waals surface area contributed by atoms with Gasteiger partial charge in [-0.15, -0.1) is 11.6 Å². The van der Waals surface area contributed by atoms with E-state index in [0.717, 1.165) is 5.88 Å². The first kappa shape index (κ1) is 14.3. The highest BCUT2D eigenvalue weighted by Gasteiger charge is 2.22. The van der Waals surface area contributed by atoms with Crippen LogP contribution in [0.2, 0.25) is 0 Å². The van der Waals surface area contributed by atoms with Crippen molar-refractivity contribution in [2.45, 2.75) is 72.1 Å². The number of unbranched alkanes of at least 4 members (excludes halogenated alkanes) is 3. The molecule has 0 aliphatic carbocycles. The Morgan fingerprint density at radius 3 is 1.71 bits per heavy atom. The van der Waals surface area contributed by atoms with E-state index >= 15 is 0 Å². The predicted octanol–water partition coefficient (Wildman–Crippen LogP) is 5.39. The Morgan fingerprint density at radius 1 is 0.786 bits per heavy atom. The normalized spacial score (nSPS) is 12.0. The monoisotopic (exact) mass is 218 g/mol. The van der Waals surface area contributed by atoms with Crippen molar-refractivity contribution in [3.8, 4) is 0 Å². The molecular formula is C13H27Cl. The molecule has 0 amide bonds. The molecule has 0 heterocycles. The minimum atomic E-state index is 0.640. The molecule has 0 aliphatic rings. The summed E-state index contributed by atoms with van der Waals surface area (Å²) in [4.78, 5) is 0. The molecule has 0 nitrogen and oxygen atoms in total. The summed E-state index contributed by atoms with van der Waals surface area (Å²) in [6, 6.07) is 0. The van der Waals surface area contributed by atoms with Crippen LogP contribution in [0.4, 0.5) is 0 Å². The first-order valence-electron chi connectivity index (χ1n) is 6.30. The molecule has 0 radical (unpaired) electrons. The molecule has 0 saturated heterocycles. The third-order valence-corrected chi connectivity index (χ3v) is 4.11. The first-order chi connectivity index (χ1) is 6.74. The Labute approximate surface area is 95.4 Å². The van der Waals surface area contributed by atoms with Crippen LogP contribution in [-0.4, -0.2) is 5.88 Å². The third kappa shape index (κ3) is 5.24. The van der Waals surface area contributed by atoms with E-state index in [1.54, 1.807) is 0 Å². The second kappa shape index (κ2) is 8.59. The number of alkyl halides is 1. The summed E-state index contributed by atoms with van der Waals surface area (Å²) in [7, 11) is 0. The maximum Gasteiger partial charge on any atom is 0.0223 e. The van der Waals surface area contributed by atoms with Crippen LogP contribution >= 0.6 is 11.6 Å². The van der Waals surface area contributed by atoms with Crippen molar-refractivity contribution in [2.24, 2.45) is 5.41 Å². The highest BCUT2D eigenvalue weighted by atomic mass is 35.5. The molecule has 0 aliphatic heterocycles. The van der Waals surface area contributed by atoms with Crippen LogP contribution in [0.5, 0.6) is 0 Å². The molecule has 1 heteroatoms. The van der Waals surface area contributed by atoms with Crippen molar-refractivity contribution in [3.63, 3.8) is 0 Å². The lowest BCUT2D eigenvalue weighted by molar-refractivity contribution is 0.220. The Balaban J connectivity index is 3.61. The number of halogens is 1. The maximum atomic E-state index is 5.65. The van der Waals surface area contributed by atoms with Crippen molar-refractivity contribution < 1.29 is 0 Å². The van der Waals surface area contributed by atoms with Crippen LogP contribution in [0, 0.1) is 5.41 Å². The zero-order valence-corrected chi connectivity index (χ0v) is 11.0. The van der Waals surface area contributed by atoms with Crippen LogP contribution in [0.1, 0.15) is 72.1 Å². The van der Waals surface area contributed by atoms with Crippen molar-refractivity contribution >= 4 is 11.6 Å². The third-order valence-electron chi connectivity index (χ3n) is 3.84. The van der Waals surface area contributed by atoms with E-state index in [1.807, 2.05) is 0 Å². The molecule has 0 saturated carbocycles. The summed E-state index contributed by atoms with van der Waals surface area (Å²) in [6.45, 7) is 7.02. The Bertz CT molecular complexity index is 108. The summed E-state index contributed by atoms with van der Waals surface area (Å²) in [5, 5.41) is 0. The molecule has 0 bridgehead atoms. The molecule has 0 rings (SSSR count). The van der Waals surface area contributed by atoms with Crippen molar-refractivity contribution in [3.05, 3.63) is 0 Å². The van der Waals surface area contributed by atoms with Gasteiger partial charge in [-0.05, 0) is 18.3 Å². The van der Waals surface area contributed by atoms with Crippen molar-refractivity contribution in [2.75, 3.05) is 5.88 Å². The van der Waals surface area contributed by atoms with E-state index in [1.165, 1.54) is 51.4 Å². The average molecular weight is 219 g/mol. The van der Waals surface area contributed by atoms with Crippen molar-refractivity contribution in [1.82, 2.24) is 0 Å². The smallest absolute Gasteiger partial charge is 0.0223 e. The molecule has 0 spiro atoms. The largest absolute Gasteiger partial charge is 0.127 e. The molecule has 0 aromatic rings. The zero-order chi connectivity index (χ0) is 10.9. The van der Waals surface area contributed by atoms with Crippen LogP contribution in [0.15, 0.2) is 0 Å². The molecule has 0 aromatic heterocycles. The van der Waals surface area contributed by atoms with Gasteiger partial charge in [-0.1, -0.05) is 59.3 Å².